The van der Waals surface area contributed by atoms with Crippen LogP contribution >= 0.6 is 0 Å². The predicted molar refractivity (Wildman–Crippen MR) is 131 cm³/mol. The number of hydrogen-bond acceptors (Lipinski definition) is 6. The summed E-state index contributed by atoms with van der Waals surface area (Å²) in [6, 6.07) is 18.3. The maximum Gasteiger partial charge on any atom is 0.207 e. The molecule has 0 amide bonds. The van der Waals surface area contributed by atoms with Gasteiger partial charge in [0.2, 0.25) is 5.82 Å². The van der Waals surface area contributed by atoms with E-state index in [-0.39, 0.29) is 0 Å². The number of para-hydroxylation sites is 1. The molecule has 2 aromatic heterocycles. The number of hydrogen-bond donors (Lipinski definition) is 2. The number of rotatable bonds is 4. The molecule has 164 valence electrons. The van der Waals surface area contributed by atoms with E-state index in [2.05, 4.69) is 31.5 Å². The molecule has 0 radical (unpaired) electrons. The molecule has 6 rings (SSSR count). The number of pyridine rings is 1. The highest BCUT2D eigenvalue weighted by Crippen LogP contribution is 2.33. The Kier molecular flexibility index (Phi) is 5.88. The van der Waals surface area contributed by atoms with Gasteiger partial charge in [0, 0.05) is 23.3 Å². The van der Waals surface area contributed by atoms with Crippen LogP contribution in [0, 0.1) is 25.2 Å². The summed E-state index contributed by atoms with van der Waals surface area (Å²) in [5.74, 6) is 6.10. The molecule has 4 aromatic rings. The lowest BCUT2D eigenvalue weighted by Crippen LogP contribution is -2.59. The third kappa shape index (κ3) is 4.64. The molecule has 2 aliphatic rings. The summed E-state index contributed by atoms with van der Waals surface area (Å²) in [7, 11) is 0. The molecule has 3 heterocycles. The quantitative estimate of drug-likeness (QED) is 0.428. The van der Waals surface area contributed by atoms with E-state index in [1.54, 1.807) is 12.4 Å². The summed E-state index contributed by atoms with van der Waals surface area (Å²) in [6.45, 7) is 3.30. The van der Waals surface area contributed by atoms with Gasteiger partial charge in [-0.15, -0.1) is 6.42 Å². The van der Waals surface area contributed by atoms with Gasteiger partial charge in [-0.3, -0.25) is 4.98 Å². The van der Waals surface area contributed by atoms with Crippen LogP contribution < -0.4 is 15.4 Å². The average molecular weight is 436 g/mol. The Labute approximate surface area is 193 Å². The SMILES string of the molecule is C#Cc1nc(Nc2ccc(Oc3cccnc3)c(C)c2)c2ccccc2n1.C1CC2NCC12. The summed E-state index contributed by atoms with van der Waals surface area (Å²) in [5, 5.41) is 7.59. The fourth-order valence-corrected chi connectivity index (χ4v) is 3.97. The second-order valence-corrected chi connectivity index (χ2v) is 8.31. The number of aryl methyl sites for hydroxylation is 1. The lowest BCUT2D eigenvalue weighted by Gasteiger charge is -2.47. The van der Waals surface area contributed by atoms with Gasteiger partial charge < -0.3 is 15.4 Å². The first-order valence-corrected chi connectivity index (χ1v) is 11.1. The first kappa shape index (κ1) is 20.9. The topological polar surface area (TPSA) is 72.0 Å². The van der Waals surface area contributed by atoms with Crippen LogP contribution in [-0.2, 0) is 0 Å². The van der Waals surface area contributed by atoms with Crippen molar-refractivity contribution in [3.05, 3.63) is 78.4 Å². The zero-order valence-corrected chi connectivity index (χ0v) is 18.5. The number of benzene rings is 2. The largest absolute Gasteiger partial charge is 0.455 e. The smallest absolute Gasteiger partial charge is 0.207 e. The minimum absolute atomic E-state index is 0.351. The van der Waals surface area contributed by atoms with Crippen molar-refractivity contribution in [1.82, 2.24) is 20.3 Å². The number of aromatic nitrogens is 3. The molecule has 1 saturated heterocycles. The number of terminal acetylenes is 1. The van der Waals surface area contributed by atoms with Gasteiger partial charge in [-0.05, 0) is 86.2 Å². The molecule has 2 aromatic carbocycles. The van der Waals surface area contributed by atoms with Crippen molar-refractivity contribution in [2.75, 3.05) is 11.9 Å². The number of ether oxygens (including phenoxy) is 1. The molecule has 33 heavy (non-hydrogen) atoms. The zero-order valence-electron chi connectivity index (χ0n) is 18.5. The van der Waals surface area contributed by atoms with E-state index in [0.29, 0.717) is 17.4 Å². The molecule has 1 aliphatic heterocycles. The second-order valence-electron chi connectivity index (χ2n) is 8.31. The molecular weight excluding hydrogens is 410 g/mol. The maximum absolute atomic E-state index is 5.88. The lowest BCUT2D eigenvalue weighted by molar-refractivity contribution is 0.111. The molecule has 1 saturated carbocycles. The van der Waals surface area contributed by atoms with E-state index in [9.17, 15) is 0 Å². The molecule has 6 nitrogen and oxygen atoms in total. The highest BCUT2D eigenvalue weighted by molar-refractivity contribution is 5.91. The van der Waals surface area contributed by atoms with Crippen LogP contribution in [0.25, 0.3) is 10.9 Å². The van der Waals surface area contributed by atoms with Gasteiger partial charge in [0.25, 0.3) is 0 Å². The van der Waals surface area contributed by atoms with E-state index in [4.69, 9.17) is 11.2 Å². The molecule has 2 fully saturated rings. The predicted octanol–water partition coefficient (Wildman–Crippen LogP) is 5.22. The van der Waals surface area contributed by atoms with Crippen LogP contribution in [0.15, 0.2) is 67.0 Å². The van der Waals surface area contributed by atoms with E-state index >= 15 is 0 Å². The standard InChI is InChI=1S/C22H16N4O.C5H9N/c1-3-21-25-19-9-5-4-8-18(19)22(26-21)24-16-10-11-20(15(2)13-16)27-17-7-6-12-23-14-17;1-2-5-4(1)3-6-5/h1,4-14H,2H3,(H,24,25,26);4-6H,1-3H2. The molecule has 6 heteroatoms. The van der Waals surface area contributed by atoms with Crippen LogP contribution in [-0.4, -0.2) is 27.5 Å². The molecule has 0 spiro atoms. The zero-order chi connectivity index (χ0) is 22.6. The molecule has 1 aliphatic carbocycles. The van der Waals surface area contributed by atoms with Gasteiger partial charge >= 0.3 is 0 Å². The summed E-state index contributed by atoms with van der Waals surface area (Å²) < 4.78 is 5.88. The minimum Gasteiger partial charge on any atom is -0.455 e. The summed E-state index contributed by atoms with van der Waals surface area (Å²) >= 11 is 0. The van der Waals surface area contributed by atoms with Crippen molar-refractivity contribution >= 4 is 22.4 Å². The first-order chi connectivity index (χ1) is 16.2. The van der Waals surface area contributed by atoms with E-state index in [1.165, 1.54) is 19.4 Å². The van der Waals surface area contributed by atoms with Crippen molar-refractivity contribution in [3.8, 4) is 23.8 Å². The lowest BCUT2D eigenvalue weighted by atomic mass is 9.74. The highest BCUT2D eigenvalue weighted by Gasteiger charge is 2.37. The fraction of sp³-hybridized carbons (Fsp3) is 0.222. The maximum atomic E-state index is 5.88. The molecule has 2 unspecified atom stereocenters. The van der Waals surface area contributed by atoms with Gasteiger partial charge in [0.1, 0.15) is 17.3 Å². The van der Waals surface area contributed by atoms with E-state index < -0.39 is 0 Å². The number of nitrogens with zero attached hydrogens (tertiary/aromatic N) is 3. The number of piperidine rings is 1. The normalized spacial score (nSPS) is 17.9. The summed E-state index contributed by atoms with van der Waals surface area (Å²) in [6.07, 6.45) is 11.8. The van der Waals surface area contributed by atoms with Crippen LogP contribution in [0.2, 0.25) is 0 Å². The summed E-state index contributed by atoms with van der Waals surface area (Å²) in [5.41, 5.74) is 2.67. The van der Waals surface area contributed by atoms with Gasteiger partial charge in [-0.2, -0.15) is 0 Å². The third-order valence-corrected chi connectivity index (χ3v) is 6.09. The fourth-order valence-electron chi connectivity index (χ4n) is 3.97. The van der Waals surface area contributed by atoms with Crippen molar-refractivity contribution in [2.24, 2.45) is 5.92 Å². The van der Waals surface area contributed by atoms with Crippen molar-refractivity contribution in [2.45, 2.75) is 25.8 Å². The average Bonchev–Trinajstić information content (AvgIpc) is 2.84. The Morgan fingerprint density at radius 2 is 1.97 bits per heavy atom. The van der Waals surface area contributed by atoms with Crippen LogP contribution in [0.5, 0.6) is 11.5 Å². The Hall–Kier alpha value is -3.95. The minimum atomic E-state index is 0.351. The van der Waals surface area contributed by atoms with Crippen LogP contribution in [0.4, 0.5) is 11.5 Å². The van der Waals surface area contributed by atoms with Gasteiger partial charge in [-0.1, -0.05) is 12.1 Å². The van der Waals surface area contributed by atoms with E-state index in [0.717, 1.165) is 39.9 Å². The highest BCUT2D eigenvalue weighted by atomic mass is 16.5. The number of fused-ring (bicyclic) bond motifs is 2. The Morgan fingerprint density at radius 1 is 1.09 bits per heavy atom. The monoisotopic (exact) mass is 435 g/mol. The van der Waals surface area contributed by atoms with Gasteiger partial charge in [-0.25, -0.2) is 9.97 Å². The Bertz CT molecular complexity index is 1300. The molecular formula is C27H25N5O. The second kappa shape index (κ2) is 9.27. The number of anilines is 2. The number of nitrogens with one attached hydrogen (secondary N) is 2. The third-order valence-electron chi connectivity index (χ3n) is 6.09. The van der Waals surface area contributed by atoms with Crippen molar-refractivity contribution in [3.63, 3.8) is 0 Å². The van der Waals surface area contributed by atoms with Crippen molar-refractivity contribution in [1.29, 1.82) is 0 Å². The van der Waals surface area contributed by atoms with Crippen LogP contribution in [0.1, 0.15) is 24.2 Å². The van der Waals surface area contributed by atoms with Gasteiger partial charge in [0.15, 0.2) is 0 Å². The molecule has 2 atom stereocenters. The Morgan fingerprint density at radius 3 is 2.61 bits per heavy atom. The van der Waals surface area contributed by atoms with Crippen molar-refractivity contribution < 1.29 is 4.74 Å². The first-order valence-electron chi connectivity index (χ1n) is 11.1. The summed E-state index contributed by atoms with van der Waals surface area (Å²) in [4.78, 5) is 12.9. The Balaban J connectivity index is 0.000000324. The molecule has 0 bridgehead atoms. The van der Waals surface area contributed by atoms with Crippen LogP contribution in [0.3, 0.4) is 0 Å². The molecule has 2 N–H and O–H groups in total. The van der Waals surface area contributed by atoms with Gasteiger partial charge in [0.05, 0.1) is 11.7 Å². The van der Waals surface area contributed by atoms with E-state index in [1.807, 2.05) is 61.5 Å².